The molecule has 0 radical (unpaired) electrons. The van der Waals surface area contributed by atoms with Gasteiger partial charge in [0.15, 0.2) is 11.2 Å². The Labute approximate surface area is 512 Å². The Morgan fingerprint density at radius 1 is 0.624 bits per heavy atom. The van der Waals surface area contributed by atoms with Crippen LogP contribution in [0.15, 0.2) is 144 Å². The summed E-state index contributed by atoms with van der Waals surface area (Å²) < 4.78 is 66.8. The number of halogens is 9. The van der Waals surface area contributed by atoms with Crippen LogP contribution in [-0.2, 0) is 54.5 Å². The molecule has 8 heterocycles. The second-order valence-electron chi connectivity index (χ2n) is 20.7. The Balaban J connectivity index is 0.000000182. The number of nitrogens with two attached hydrogens (primary N) is 1. The molecule has 4 aromatic heterocycles. The normalized spacial score (nSPS) is 18.6. The average Bonchev–Trinajstić information content (AvgIpc) is 3.49. The van der Waals surface area contributed by atoms with E-state index >= 15 is 0 Å². The summed E-state index contributed by atoms with van der Waals surface area (Å²) >= 11 is 24.7. The van der Waals surface area contributed by atoms with Crippen molar-refractivity contribution in [2.24, 2.45) is 16.0 Å². The molecule has 1 amide bonds. The minimum Gasteiger partial charge on any atom is -0.478 e. The minimum atomic E-state index is -1.80. The lowest BCUT2D eigenvalue weighted by Crippen LogP contribution is -2.33. The van der Waals surface area contributed by atoms with E-state index in [-0.39, 0.29) is 48.9 Å². The quantitative estimate of drug-likeness (QED) is 0.0546. The van der Waals surface area contributed by atoms with Gasteiger partial charge in [0.2, 0.25) is 0 Å². The Bertz CT molecular complexity index is 3870. The lowest BCUT2D eigenvalue weighted by atomic mass is 9.77. The van der Waals surface area contributed by atoms with E-state index in [1.807, 2.05) is 65.4 Å². The maximum Gasteiger partial charge on any atom is 0.492 e. The SMILES string of the molecule is C.CC1(c2cc(Cl)cc(Cl)c2)CC(c2ccc(C(=O)NCc3ccc4c(c3)B(O)OC4(CF)CF)c3cccn23)=NO1.CC1(c2cc(Cl)cc(Cl)c2)CC(c2ccc(C(=O)O)c3cccn23)=NO1.Cl.NCc1ccc2c(c1)B(O)OC2(CF)CF. The number of hydrogen-bond donors (Lipinski definition) is 5. The molecule has 4 aliphatic rings. The van der Waals surface area contributed by atoms with Crippen molar-refractivity contribution >= 4 is 118 Å². The van der Waals surface area contributed by atoms with Gasteiger partial charge < -0.3 is 54.0 Å². The molecule has 2 atom stereocenters. The van der Waals surface area contributed by atoms with E-state index < -0.39 is 69.3 Å². The second kappa shape index (κ2) is 25.8. The zero-order valence-corrected chi connectivity index (χ0v) is 48.4. The molecule has 4 aromatic carbocycles. The fraction of sp³-hybridized carbons (Fsp3) is 0.254. The minimum absolute atomic E-state index is 0. The van der Waals surface area contributed by atoms with Gasteiger partial charge in [-0.1, -0.05) is 101 Å². The van der Waals surface area contributed by atoms with Crippen LogP contribution in [0.1, 0.15) is 99.6 Å². The van der Waals surface area contributed by atoms with E-state index in [9.17, 15) is 42.3 Å². The smallest absolute Gasteiger partial charge is 0.478 e. The molecule has 0 fully saturated rings. The van der Waals surface area contributed by atoms with Crippen LogP contribution in [0.4, 0.5) is 17.6 Å². The van der Waals surface area contributed by atoms with E-state index in [2.05, 4.69) is 15.6 Å². The van der Waals surface area contributed by atoms with Gasteiger partial charge >= 0.3 is 20.2 Å². The van der Waals surface area contributed by atoms with E-state index in [0.29, 0.717) is 78.4 Å². The molecule has 0 aliphatic carbocycles. The van der Waals surface area contributed by atoms with Crippen molar-refractivity contribution in [2.45, 2.75) is 69.6 Å². The number of alkyl halides is 4. The van der Waals surface area contributed by atoms with Crippen LogP contribution in [0.3, 0.4) is 0 Å². The number of carboxylic acid groups (broad SMARTS) is 1. The number of amides is 1. The van der Waals surface area contributed by atoms with Gasteiger partial charge in [-0.05, 0) is 132 Å². The highest BCUT2D eigenvalue weighted by Crippen LogP contribution is 2.41. The summed E-state index contributed by atoms with van der Waals surface area (Å²) in [4.78, 5) is 36.3. The monoisotopic (exact) mass is 1260 g/mol. The van der Waals surface area contributed by atoms with Crippen LogP contribution in [-0.4, -0.2) is 88.2 Å². The lowest BCUT2D eigenvalue weighted by molar-refractivity contribution is -0.00755. The summed E-state index contributed by atoms with van der Waals surface area (Å²) in [6.07, 6.45) is 4.62. The number of carboxylic acids is 1. The number of carbonyl (C=O) groups excluding carboxylic acids is 1. The molecular formula is C59H55B2Cl5F4N6O9. The molecule has 444 valence electrons. The van der Waals surface area contributed by atoms with Crippen LogP contribution in [0.5, 0.6) is 0 Å². The lowest BCUT2D eigenvalue weighted by Gasteiger charge is -2.23. The molecule has 26 heteroatoms. The summed E-state index contributed by atoms with van der Waals surface area (Å²) in [6.45, 7) is 0.0683. The van der Waals surface area contributed by atoms with Gasteiger partial charge in [-0.15, -0.1) is 12.4 Å². The molecule has 6 N–H and O–H groups in total. The van der Waals surface area contributed by atoms with E-state index in [4.69, 9.17) is 71.1 Å². The first kappa shape index (κ1) is 64.4. The zero-order valence-electron chi connectivity index (χ0n) is 44.6. The maximum atomic E-state index is 13.6. The van der Waals surface area contributed by atoms with Crippen molar-refractivity contribution in [1.29, 1.82) is 0 Å². The van der Waals surface area contributed by atoms with Gasteiger partial charge in [-0.25, -0.2) is 22.4 Å². The zero-order chi connectivity index (χ0) is 59.2. The number of pyridine rings is 2. The fourth-order valence-corrected chi connectivity index (χ4v) is 11.7. The third kappa shape index (κ3) is 12.4. The van der Waals surface area contributed by atoms with Crippen LogP contribution in [0, 0.1) is 0 Å². The molecule has 4 aliphatic heterocycles. The molecule has 2 unspecified atom stereocenters. The Morgan fingerprint density at radius 2 is 1.04 bits per heavy atom. The first-order chi connectivity index (χ1) is 39.7. The third-order valence-electron chi connectivity index (χ3n) is 15.1. The van der Waals surface area contributed by atoms with Gasteiger partial charge in [0.25, 0.3) is 5.91 Å². The van der Waals surface area contributed by atoms with Crippen molar-refractivity contribution in [3.8, 4) is 0 Å². The van der Waals surface area contributed by atoms with Crippen LogP contribution in [0.2, 0.25) is 20.1 Å². The predicted molar refractivity (Wildman–Crippen MR) is 324 cm³/mol. The number of carbonyl (C=O) groups is 2. The topological polar surface area (TPSA) is 203 Å². The van der Waals surface area contributed by atoms with Gasteiger partial charge in [-0.3, -0.25) is 4.79 Å². The summed E-state index contributed by atoms with van der Waals surface area (Å²) in [7, 11) is -2.73. The first-order valence-corrected chi connectivity index (χ1v) is 27.3. The summed E-state index contributed by atoms with van der Waals surface area (Å²) in [6, 6.07) is 34.3. The second-order valence-corrected chi connectivity index (χ2v) is 22.4. The predicted octanol–water partition coefficient (Wildman–Crippen LogP) is 11.1. The van der Waals surface area contributed by atoms with Crippen molar-refractivity contribution in [3.63, 3.8) is 0 Å². The fourth-order valence-electron chi connectivity index (χ4n) is 10.6. The van der Waals surface area contributed by atoms with E-state index in [1.165, 1.54) is 6.07 Å². The highest BCUT2D eigenvalue weighted by atomic mass is 35.5. The number of nitrogens with zero attached hydrogens (tertiary/aromatic N) is 4. The highest BCUT2D eigenvalue weighted by Gasteiger charge is 2.49. The molecule has 12 rings (SSSR count). The molecule has 85 heavy (non-hydrogen) atoms. The molecular weight excluding hydrogens is 1210 g/mol. The average molecular weight is 1270 g/mol. The number of oxime groups is 2. The van der Waals surface area contributed by atoms with Crippen molar-refractivity contribution < 1.29 is 61.3 Å². The van der Waals surface area contributed by atoms with E-state index in [0.717, 1.165) is 33.8 Å². The largest absolute Gasteiger partial charge is 0.492 e. The molecule has 15 nitrogen and oxygen atoms in total. The number of rotatable bonds is 13. The third-order valence-corrected chi connectivity index (χ3v) is 16.0. The Morgan fingerprint density at radius 3 is 1.46 bits per heavy atom. The van der Waals surface area contributed by atoms with Gasteiger partial charge in [-0.2, -0.15) is 0 Å². The van der Waals surface area contributed by atoms with Crippen LogP contribution in [0.25, 0.3) is 11.0 Å². The Kier molecular flexibility index (Phi) is 19.5. The number of nitrogens with one attached hydrogen (secondary N) is 1. The number of aromatic carboxylic acids is 1. The molecule has 8 aromatic rings. The number of aromatic nitrogens is 2. The molecule has 0 saturated heterocycles. The van der Waals surface area contributed by atoms with Crippen molar-refractivity contribution in [1.82, 2.24) is 14.1 Å². The van der Waals surface area contributed by atoms with Crippen LogP contribution >= 0.6 is 58.8 Å². The van der Waals surface area contributed by atoms with Crippen molar-refractivity contribution in [3.05, 3.63) is 210 Å². The highest BCUT2D eigenvalue weighted by molar-refractivity contribution is 6.62. The number of hydrogen-bond acceptors (Lipinski definition) is 11. The van der Waals surface area contributed by atoms with Gasteiger partial charge in [0.1, 0.15) is 49.3 Å². The first-order valence-electron chi connectivity index (χ1n) is 25.8. The molecule has 0 saturated carbocycles. The van der Waals surface area contributed by atoms with Gasteiger partial charge in [0.05, 0.1) is 33.5 Å². The maximum absolute atomic E-state index is 13.6. The van der Waals surface area contributed by atoms with E-state index in [1.54, 1.807) is 84.9 Å². The molecule has 0 bridgehead atoms. The van der Waals surface area contributed by atoms with Crippen molar-refractivity contribution in [2.75, 3.05) is 26.7 Å². The summed E-state index contributed by atoms with van der Waals surface area (Å²) in [5.74, 6) is -1.29. The summed E-state index contributed by atoms with van der Waals surface area (Å²) in [5.41, 5.74) is 9.88. The molecule has 0 spiro atoms. The number of benzene rings is 4. The van der Waals surface area contributed by atoms with Crippen LogP contribution < -0.4 is 22.0 Å². The summed E-state index contributed by atoms with van der Waals surface area (Å²) in [5, 5.41) is 42.7. The standard InChI is InChI=1S/C29H24BCl2F2N3O4.C19H14Cl2N2O3.C10H12BF2NO2.CH4.ClH/c1-28(18-10-19(31)12-20(32)11-18)13-24(36-41-28)26-7-5-21(25-3-2-8-37(25)26)27(38)35-14-17-4-6-22-23(9-17)30(39)40-29(22,15-33)16-34;1-19(11-7-12(20)9-13(21)8-11)10-15(22-26-19)17-5-4-14(18(24)25)16-3-2-6-23(16)17;12-5-10(6-13)8-2-1-7(4-14)3-9(8)11(15)16-10;;/h2-12,39H,13-16H2,1H3,(H,35,38);2-9H,10H2,1H3,(H,24,25);1-3,15H,4-6,14H2;1H4;1H. The van der Waals surface area contributed by atoms with Gasteiger partial charge in [0, 0.05) is 69.5 Å². The Hall–Kier alpha value is -6.62. The number of fused-ring (bicyclic) bond motifs is 4.